The Bertz CT molecular complexity index is 1220. The summed E-state index contributed by atoms with van der Waals surface area (Å²) in [6.07, 6.45) is 0. The molecular weight excluding hydrogens is 412 g/mol. The standard InChI is InChI=1S/C25H21ClN2O3/c1-15-9-10-16(2)20(13-15)27-23-22(17-7-5-4-6-8-17)24(29)28(25(23)30)18-11-12-21(31-3)19(26)14-18/h4-14,27H,1-3H3. The predicted octanol–water partition coefficient (Wildman–Crippen LogP) is 5.36. The minimum atomic E-state index is -0.439. The molecule has 3 aromatic carbocycles. The highest BCUT2D eigenvalue weighted by Crippen LogP contribution is 2.37. The number of carbonyl (C=O) groups is 2. The first-order valence-corrected chi connectivity index (χ1v) is 10.1. The quantitative estimate of drug-likeness (QED) is 0.551. The van der Waals surface area contributed by atoms with E-state index in [2.05, 4.69) is 5.32 Å². The molecule has 3 aromatic rings. The van der Waals surface area contributed by atoms with Crippen LogP contribution >= 0.6 is 11.6 Å². The van der Waals surface area contributed by atoms with Crippen LogP contribution < -0.4 is 15.0 Å². The summed E-state index contributed by atoms with van der Waals surface area (Å²) in [5.41, 5.74) is 4.39. The van der Waals surface area contributed by atoms with Crippen molar-refractivity contribution >= 4 is 40.4 Å². The van der Waals surface area contributed by atoms with E-state index in [0.717, 1.165) is 21.7 Å². The Morgan fingerprint density at radius 3 is 2.32 bits per heavy atom. The van der Waals surface area contributed by atoms with E-state index in [0.29, 0.717) is 27.6 Å². The molecule has 1 heterocycles. The molecule has 2 amide bonds. The Morgan fingerprint density at radius 1 is 0.903 bits per heavy atom. The fourth-order valence-electron chi connectivity index (χ4n) is 3.55. The van der Waals surface area contributed by atoms with Crippen molar-refractivity contribution in [1.82, 2.24) is 0 Å². The summed E-state index contributed by atoms with van der Waals surface area (Å²) >= 11 is 6.26. The number of methoxy groups -OCH3 is 1. The molecule has 6 heteroatoms. The number of anilines is 2. The zero-order valence-corrected chi connectivity index (χ0v) is 18.2. The Balaban J connectivity index is 1.83. The van der Waals surface area contributed by atoms with Gasteiger partial charge in [0.2, 0.25) is 0 Å². The molecule has 31 heavy (non-hydrogen) atoms. The second kappa shape index (κ2) is 8.28. The van der Waals surface area contributed by atoms with Crippen LogP contribution in [0.1, 0.15) is 16.7 Å². The van der Waals surface area contributed by atoms with Gasteiger partial charge in [0.15, 0.2) is 0 Å². The summed E-state index contributed by atoms with van der Waals surface area (Å²) in [7, 11) is 1.51. The fourth-order valence-corrected chi connectivity index (χ4v) is 3.80. The van der Waals surface area contributed by atoms with Crippen molar-refractivity contribution in [3.8, 4) is 5.75 Å². The molecule has 4 rings (SSSR count). The molecule has 1 aliphatic heterocycles. The van der Waals surface area contributed by atoms with Gasteiger partial charge in [-0.1, -0.05) is 54.1 Å². The van der Waals surface area contributed by atoms with Crippen molar-refractivity contribution in [1.29, 1.82) is 0 Å². The Labute approximate surface area is 185 Å². The van der Waals surface area contributed by atoms with Crippen molar-refractivity contribution in [3.63, 3.8) is 0 Å². The molecule has 0 saturated heterocycles. The van der Waals surface area contributed by atoms with Crippen LogP contribution in [-0.2, 0) is 9.59 Å². The van der Waals surface area contributed by atoms with Gasteiger partial charge in [0, 0.05) is 5.69 Å². The topological polar surface area (TPSA) is 58.6 Å². The number of benzene rings is 3. The minimum Gasteiger partial charge on any atom is -0.495 e. The van der Waals surface area contributed by atoms with Gasteiger partial charge in [-0.2, -0.15) is 0 Å². The number of nitrogens with zero attached hydrogens (tertiary/aromatic N) is 1. The van der Waals surface area contributed by atoms with Gasteiger partial charge in [0.25, 0.3) is 11.8 Å². The molecule has 1 N–H and O–H groups in total. The van der Waals surface area contributed by atoms with Crippen LogP contribution in [0.15, 0.2) is 72.4 Å². The van der Waals surface area contributed by atoms with Gasteiger partial charge in [0.1, 0.15) is 11.4 Å². The van der Waals surface area contributed by atoms with E-state index in [1.807, 2.05) is 62.4 Å². The maximum atomic E-state index is 13.5. The van der Waals surface area contributed by atoms with E-state index in [-0.39, 0.29) is 5.70 Å². The third-order valence-electron chi connectivity index (χ3n) is 5.19. The van der Waals surface area contributed by atoms with Crippen molar-refractivity contribution in [2.45, 2.75) is 13.8 Å². The Kier molecular flexibility index (Phi) is 5.53. The maximum Gasteiger partial charge on any atom is 0.282 e. The van der Waals surface area contributed by atoms with Crippen molar-refractivity contribution in [3.05, 3.63) is 94.1 Å². The predicted molar refractivity (Wildman–Crippen MR) is 123 cm³/mol. The van der Waals surface area contributed by atoms with E-state index >= 15 is 0 Å². The maximum absolute atomic E-state index is 13.5. The van der Waals surface area contributed by atoms with Gasteiger partial charge in [-0.3, -0.25) is 9.59 Å². The van der Waals surface area contributed by atoms with Gasteiger partial charge in [-0.25, -0.2) is 4.90 Å². The smallest absolute Gasteiger partial charge is 0.282 e. The molecule has 0 bridgehead atoms. The van der Waals surface area contributed by atoms with Gasteiger partial charge in [-0.05, 0) is 54.8 Å². The van der Waals surface area contributed by atoms with Crippen LogP contribution in [0, 0.1) is 13.8 Å². The number of hydrogen-bond acceptors (Lipinski definition) is 4. The largest absolute Gasteiger partial charge is 0.495 e. The van der Waals surface area contributed by atoms with Crippen LogP contribution in [0.4, 0.5) is 11.4 Å². The molecule has 0 radical (unpaired) electrons. The van der Waals surface area contributed by atoms with Crippen molar-refractivity contribution in [2.75, 3.05) is 17.3 Å². The average molecular weight is 433 g/mol. The summed E-state index contributed by atoms with van der Waals surface area (Å²) in [6.45, 7) is 3.93. The lowest BCUT2D eigenvalue weighted by molar-refractivity contribution is -0.120. The number of rotatable bonds is 5. The van der Waals surface area contributed by atoms with E-state index in [4.69, 9.17) is 16.3 Å². The monoisotopic (exact) mass is 432 g/mol. The molecular formula is C25H21ClN2O3. The Hall–Kier alpha value is -3.57. The Morgan fingerprint density at radius 2 is 1.65 bits per heavy atom. The SMILES string of the molecule is COc1ccc(N2C(=O)C(Nc3cc(C)ccc3C)=C(c3ccccc3)C2=O)cc1Cl. The molecule has 0 aliphatic carbocycles. The number of hydrogen-bond donors (Lipinski definition) is 1. The van der Waals surface area contributed by atoms with Crippen LogP contribution in [-0.4, -0.2) is 18.9 Å². The molecule has 0 fully saturated rings. The summed E-state index contributed by atoms with van der Waals surface area (Å²) < 4.78 is 5.19. The highest BCUT2D eigenvalue weighted by Gasteiger charge is 2.40. The van der Waals surface area contributed by atoms with E-state index in [9.17, 15) is 9.59 Å². The lowest BCUT2D eigenvalue weighted by Gasteiger charge is -2.17. The molecule has 1 aliphatic rings. The second-order valence-electron chi connectivity index (χ2n) is 7.32. The van der Waals surface area contributed by atoms with Crippen LogP contribution in [0.25, 0.3) is 5.57 Å². The zero-order chi connectivity index (χ0) is 22.1. The van der Waals surface area contributed by atoms with E-state index in [1.54, 1.807) is 18.2 Å². The summed E-state index contributed by atoms with van der Waals surface area (Å²) in [5.74, 6) is -0.384. The lowest BCUT2D eigenvalue weighted by Crippen LogP contribution is -2.32. The summed E-state index contributed by atoms with van der Waals surface area (Å²) in [5, 5.41) is 3.54. The first-order valence-electron chi connectivity index (χ1n) is 9.77. The number of ether oxygens (including phenoxy) is 1. The molecule has 156 valence electrons. The zero-order valence-electron chi connectivity index (χ0n) is 17.4. The molecule has 0 saturated carbocycles. The average Bonchev–Trinajstić information content (AvgIpc) is 3.00. The third kappa shape index (κ3) is 3.80. The van der Waals surface area contributed by atoms with Crippen LogP contribution in [0.2, 0.25) is 5.02 Å². The van der Waals surface area contributed by atoms with Crippen molar-refractivity contribution in [2.24, 2.45) is 0 Å². The first-order chi connectivity index (χ1) is 14.9. The van der Waals surface area contributed by atoms with Crippen molar-refractivity contribution < 1.29 is 14.3 Å². The normalized spacial score (nSPS) is 13.7. The fraction of sp³-hybridized carbons (Fsp3) is 0.120. The molecule has 0 atom stereocenters. The van der Waals surface area contributed by atoms with Gasteiger partial charge < -0.3 is 10.1 Å². The molecule has 0 aromatic heterocycles. The highest BCUT2D eigenvalue weighted by atomic mass is 35.5. The molecule has 0 unspecified atom stereocenters. The number of imide groups is 1. The number of amides is 2. The van der Waals surface area contributed by atoms with E-state index < -0.39 is 11.8 Å². The highest BCUT2D eigenvalue weighted by molar-refractivity contribution is 6.46. The lowest BCUT2D eigenvalue weighted by atomic mass is 10.0. The van der Waals surface area contributed by atoms with Gasteiger partial charge >= 0.3 is 0 Å². The number of aryl methyl sites for hydroxylation is 2. The number of halogens is 1. The summed E-state index contributed by atoms with van der Waals surface area (Å²) in [6, 6.07) is 19.9. The van der Waals surface area contributed by atoms with Crippen LogP contribution in [0.5, 0.6) is 5.75 Å². The van der Waals surface area contributed by atoms with E-state index in [1.165, 1.54) is 7.11 Å². The van der Waals surface area contributed by atoms with Gasteiger partial charge in [-0.15, -0.1) is 0 Å². The minimum absolute atomic E-state index is 0.233. The number of carbonyl (C=O) groups excluding carboxylic acids is 2. The first kappa shape index (κ1) is 20.7. The molecule has 0 spiro atoms. The second-order valence-corrected chi connectivity index (χ2v) is 7.73. The van der Waals surface area contributed by atoms with Crippen LogP contribution in [0.3, 0.4) is 0 Å². The van der Waals surface area contributed by atoms with Gasteiger partial charge in [0.05, 0.1) is 23.4 Å². The third-order valence-corrected chi connectivity index (χ3v) is 5.49. The molecule has 5 nitrogen and oxygen atoms in total. The summed E-state index contributed by atoms with van der Waals surface area (Å²) in [4.78, 5) is 28.1. The number of nitrogens with one attached hydrogen (secondary N) is 1.